The molecule has 1 saturated heterocycles. The van der Waals surface area contributed by atoms with Crippen LogP contribution in [0.3, 0.4) is 0 Å². The Balaban J connectivity index is 2.04. The van der Waals surface area contributed by atoms with E-state index < -0.39 is 11.8 Å². The molecule has 28 heavy (non-hydrogen) atoms. The third kappa shape index (κ3) is 3.89. The van der Waals surface area contributed by atoms with Gasteiger partial charge in [-0.2, -0.15) is 0 Å². The van der Waals surface area contributed by atoms with Crippen molar-refractivity contribution in [1.82, 2.24) is 5.32 Å². The minimum absolute atomic E-state index is 0.00274. The van der Waals surface area contributed by atoms with Crippen LogP contribution in [-0.4, -0.2) is 31.1 Å². The van der Waals surface area contributed by atoms with Crippen molar-refractivity contribution in [3.8, 4) is 11.5 Å². The zero-order valence-corrected chi connectivity index (χ0v) is 17.9. The summed E-state index contributed by atoms with van der Waals surface area (Å²) in [6.45, 7) is 0. The summed E-state index contributed by atoms with van der Waals surface area (Å²) in [5.74, 6) is -0.154. The van der Waals surface area contributed by atoms with Crippen LogP contribution in [0.25, 0.3) is 6.08 Å². The summed E-state index contributed by atoms with van der Waals surface area (Å²) >= 11 is 14.5. The molecule has 1 heterocycles. The number of hydrogen-bond acceptors (Lipinski definition) is 5. The molecule has 1 fully saturated rings. The van der Waals surface area contributed by atoms with Crippen LogP contribution in [0.2, 0.25) is 5.02 Å². The van der Waals surface area contributed by atoms with E-state index in [1.165, 1.54) is 25.2 Å². The highest BCUT2D eigenvalue weighted by Gasteiger charge is 2.34. The van der Waals surface area contributed by atoms with Crippen molar-refractivity contribution in [2.75, 3.05) is 19.1 Å². The number of hydrogen-bond donors (Lipinski definition) is 1. The molecule has 6 nitrogen and oxygen atoms in total. The number of nitrogens with one attached hydrogen (secondary N) is 1. The highest BCUT2D eigenvalue weighted by atomic mass is 79.9. The smallest absolute Gasteiger partial charge is 0.270 e. The van der Waals surface area contributed by atoms with Crippen LogP contribution < -0.4 is 19.7 Å². The molecule has 0 spiro atoms. The Hall–Kier alpha value is -2.42. The number of methoxy groups -OCH3 is 2. The van der Waals surface area contributed by atoms with Gasteiger partial charge in [0.05, 0.1) is 24.4 Å². The first-order chi connectivity index (χ1) is 13.3. The lowest BCUT2D eigenvalue weighted by Gasteiger charge is -2.29. The Morgan fingerprint density at radius 1 is 1.14 bits per heavy atom. The lowest BCUT2D eigenvalue weighted by molar-refractivity contribution is -0.122. The zero-order valence-electron chi connectivity index (χ0n) is 14.8. The second-order valence-electron chi connectivity index (χ2n) is 5.67. The van der Waals surface area contributed by atoms with Gasteiger partial charge in [-0.1, -0.05) is 11.6 Å². The van der Waals surface area contributed by atoms with E-state index in [0.717, 1.165) is 0 Å². The molecule has 2 aromatic carbocycles. The number of thiocarbonyl (C=S) groups is 1. The van der Waals surface area contributed by atoms with Gasteiger partial charge in [-0.15, -0.1) is 0 Å². The quantitative estimate of drug-likeness (QED) is 0.407. The van der Waals surface area contributed by atoms with Gasteiger partial charge >= 0.3 is 0 Å². The maximum absolute atomic E-state index is 13.0. The minimum atomic E-state index is -0.578. The summed E-state index contributed by atoms with van der Waals surface area (Å²) in [5, 5.41) is 3.06. The summed E-state index contributed by atoms with van der Waals surface area (Å²) in [6, 6.07) is 9.95. The third-order valence-electron chi connectivity index (χ3n) is 3.95. The molecule has 9 heteroatoms. The van der Waals surface area contributed by atoms with Crippen LogP contribution in [-0.2, 0) is 9.59 Å². The molecule has 144 valence electrons. The Labute approximate surface area is 180 Å². The van der Waals surface area contributed by atoms with Gasteiger partial charge in [0, 0.05) is 5.02 Å². The van der Waals surface area contributed by atoms with E-state index in [9.17, 15) is 9.59 Å². The van der Waals surface area contributed by atoms with Gasteiger partial charge in [-0.3, -0.25) is 19.8 Å². The fourth-order valence-corrected chi connectivity index (χ4v) is 3.70. The van der Waals surface area contributed by atoms with Crippen LogP contribution in [0.1, 0.15) is 5.56 Å². The summed E-state index contributed by atoms with van der Waals surface area (Å²) in [5.41, 5.74) is 1.01. The van der Waals surface area contributed by atoms with Crippen molar-refractivity contribution in [3.05, 3.63) is 57.0 Å². The van der Waals surface area contributed by atoms with Gasteiger partial charge in [0.15, 0.2) is 16.6 Å². The van der Waals surface area contributed by atoms with Crippen LogP contribution >= 0.6 is 39.7 Å². The maximum Gasteiger partial charge on any atom is 0.270 e. The molecule has 3 rings (SSSR count). The van der Waals surface area contributed by atoms with Crippen molar-refractivity contribution in [2.24, 2.45) is 0 Å². The minimum Gasteiger partial charge on any atom is -0.493 e. The van der Waals surface area contributed by atoms with E-state index >= 15 is 0 Å². The van der Waals surface area contributed by atoms with E-state index in [4.69, 9.17) is 33.3 Å². The number of benzene rings is 2. The van der Waals surface area contributed by atoms with Crippen molar-refractivity contribution in [3.63, 3.8) is 0 Å². The summed E-state index contributed by atoms with van der Waals surface area (Å²) in [6.07, 6.45) is 1.47. The van der Waals surface area contributed by atoms with Crippen LogP contribution in [0.15, 0.2) is 46.4 Å². The van der Waals surface area contributed by atoms with E-state index in [1.807, 2.05) is 0 Å². The Morgan fingerprint density at radius 3 is 2.43 bits per heavy atom. The molecular weight excluding hydrogens is 468 g/mol. The van der Waals surface area contributed by atoms with Gasteiger partial charge in [-0.25, -0.2) is 0 Å². The first-order valence-electron chi connectivity index (χ1n) is 7.94. The number of rotatable bonds is 4. The second-order valence-corrected chi connectivity index (χ2v) is 7.35. The molecule has 0 atom stereocenters. The predicted molar refractivity (Wildman–Crippen MR) is 115 cm³/mol. The number of amides is 2. The number of nitrogens with zero attached hydrogens (tertiary/aromatic N) is 1. The lowest BCUT2D eigenvalue weighted by atomic mass is 10.1. The second kappa shape index (κ2) is 8.30. The lowest BCUT2D eigenvalue weighted by Crippen LogP contribution is -2.54. The average molecular weight is 482 g/mol. The summed E-state index contributed by atoms with van der Waals surface area (Å²) in [7, 11) is 3.02. The topological polar surface area (TPSA) is 67.9 Å². The fraction of sp³-hybridized carbons (Fsp3) is 0.105. The molecule has 2 aromatic rings. The molecule has 0 bridgehead atoms. The summed E-state index contributed by atoms with van der Waals surface area (Å²) < 4.78 is 11.2. The number of carbonyl (C=O) groups excluding carboxylic acids is 2. The van der Waals surface area contributed by atoms with Gasteiger partial charge < -0.3 is 9.47 Å². The molecule has 0 aromatic heterocycles. The molecule has 0 aliphatic carbocycles. The normalized spacial score (nSPS) is 15.6. The van der Waals surface area contributed by atoms with Crippen LogP contribution in [0.5, 0.6) is 11.5 Å². The Bertz CT molecular complexity index is 1010. The standard InChI is InChI=1S/C19H14BrClN2O4S/c1-26-15-9-10(8-14(20)16(15)27-2)7-13-17(24)22-19(28)23(18(13)25)12-5-3-11(21)4-6-12/h3-9H,1-2H3,(H,22,24,28)/b13-7-. The Morgan fingerprint density at radius 2 is 1.82 bits per heavy atom. The highest BCUT2D eigenvalue weighted by Crippen LogP contribution is 2.37. The molecule has 1 N–H and O–H groups in total. The first kappa shape index (κ1) is 20.3. The van der Waals surface area contributed by atoms with Crippen LogP contribution in [0, 0.1) is 0 Å². The molecule has 2 amide bonds. The molecule has 1 aliphatic heterocycles. The SMILES string of the molecule is COc1cc(/C=C2/C(=O)NC(=S)N(c3ccc(Cl)cc3)C2=O)cc(Br)c1OC. The number of halogens is 2. The van der Waals surface area contributed by atoms with E-state index in [0.29, 0.717) is 32.2 Å². The Kier molecular flexibility index (Phi) is 6.02. The monoisotopic (exact) mass is 480 g/mol. The largest absolute Gasteiger partial charge is 0.493 e. The van der Waals surface area contributed by atoms with Gasteiger partial charge in [0.25, 0.3) is 11.8 Å². The first-order valence-corrected chi connectivity index (χ1v) is 9.52. The fourth-order valence-electron chi connectivity index (χ4n) is 2.67. The zero-order chi connectivity index (χ0) is 20.4. The average Bonchev–Trinajstić information content (AvgIpc) is 2.66. The molecule has 1 aliphatic rings. The third-order valence-corrected chi connectivity index (χ3v) is 5.08. The van der Waals surface area contributed by atoms with Crippen molar-refractivity contribution in [1.29, 1.82) is 0 Å². The molecule has 0 saturated carbocycles. The van der Waals surface area contributed by atoms with Crippen molar-refractivity contribution >= 4 is 68.4 Å². The predicted octanol–water partition coefficient (Wildman–Crippen LogP) is 3.95. The van der Waals surface area contributed by atoms with E-state index in [2.05, 4.69) is 21.2 Å². The van der Waals surface area contributed by atoms with Gasteiger partial charge in [-0.05, 0) is 76.2 Å². The molecular formula is C19H14BrClN2O4S. The van der Waals surface area contributed by atoms with Crippen molar-refractivity contribution in [2.45, 2.75) is 0 Å². The van der Waals surface area contributed by atoms with E-state index in [1.54, 1.807) is 36.4 Å². The van der Waals surface area contributed by atoms with Gasteiger partial charge in [0.2, 0.25) is 0 Å². The number of ether oxygens (including phenoxy) is 2. The maximum atomic E-state index is 13.0. The van der Waals surface area contributed by atoms with Gasteiger partial charge in [0.1, 0.15) is 5.57 Å². The molecule has 0 unspecified atom stereocenters. The number of carbonyl (C=O) groups is 2. The number of anilines is 1. The molecule has 0 radical (unpaired) electrons. The van der Waals surface area contributed by atoms with Crippen LogP contribution in [0.4, 0.5) is 5.69 Å². The van der Waals surface area contributed by atoms with Crippen molar-refractivity contribution < 1.29 is 19.1 Å². The summed E-state index contributed by atoms with van der Waals surface area (Å²) in [4.78, 5) is 26.7. The van der Waals surface area contributed by atoms with E-state index in [-0.39, 0.29) is 10.7 Å². The highest BCUT2D eigenvalue weighted by molar-refractivity contribution is 9.10.